The smallest absolute Gasteiger partial charge is 0.304 e. The van der Waals surface area contributed by atoms with Crippen molar-refractivity contribution in [2.24, 2.45) is 0 Å². The minimum Gasteiger partial charge on any atom is -0.506 e. The van der Waals surface area contributed by atoms with E-state index in [-0.39, 0.29) is 13.2 Å². The van der Waals surface area contributed by atoms with Crippen LogP contribution in [0.1, 0.15) is 5.56 Å². The maximum atomic E-state index is 9.91. The van der Waals surface area contributed by atoms with Crippen LogP contribution in [-0.4, -0.2) is 27.2 Å². The van der Waals surface area contributed by atoms with Gasteiger partial charge in [-0.15, -0.1) is 0 Å². The summed E-state index contributed by atoms with van der Waals surface area (Å²) in [5.41, 5.74) is 3.52. The van der Waals surface area contributed by atoms with Crippen LogP contribution in [0, 0.1) is 0 Å². The maximum Gasteiger partial charge on any atom is 0.304 e. The van der Waals surface area contributed by atoms with Crippen molar-refractivity contribution in [2.45, 2.75) is 6.54 Å². The van der Waals surface area contributed by atoms with Gasteiger partial charge in [0, 0.05) is 6.54 Å². The van der Waals surface area contributed by atoms with E-state index in [0.717, 1.165) is 22.1 Å². The van der Waals surface area contributed by atoms with Crippen molar-refractivity contribution in [1.82, 2.24) is 9.55 Å². The monoisotopic (exact) mass is 252 g/mol. The number of aromatic nitrogens is 2. The van der Waals surface area contributed by atoms with Crippen LogP contribution < -0.4 is 5.46 Å². The lowest BCUT2D eigenvalue weighted by atomic mass is 9.88. The van der Waals surface area contributed by atoms with Crippen LogP contribution in [0.2, 0.25) is 0 Å². The summed E-state index contributed by atoms with van der Waals surface area (Å²) in [7, 11) is 0.0507. The minimum absolute atomic E-state index is 0.0507. The van der Waals surface area contributed by atoms with E-state index in [1.54, 1.807) is 18.5 Å². The highest BCUT2D eigenvalue weighted by Crippen LogP contribution is 2.23. The van der Waals surface area contributed by atoms with Crippen LogP contribution in [0.25, 0.3) is 11.0 Å². The molecule has 0 amide bonds. The average Bonchev–Trinajstić information content (AvgIpc) is 2.84. The molecule has 3 aromatic rings. The minimum atomic E-state index is 0.0507. The first-order chi connectivity index (χ1) is 9.28. The molecule has 1 heterocycles. The van der Waals surface area contributed by atoms with Crippen molar-refractivity contribution in [3.05, 3.63) is 54.4 Å². The zero-order chi connectivity index (χ0) is 13.2. The predicted molar refractivity (Wildman–Crippen MR) is 75.9 cm³/mol. The second-order valence-electron chi connectivity index (χ2n) is 4.49. The summed E-state index contributed by atoms with van der Waals surface area (Å²) in [6, 6.07) is 13.1. The molecule has 0 aliphatic carbocycles. The predicted octanol–water partition coefficient (Wildman–Crippen LogP) is 0.759. The van der Waals surface area contributed by atoms with E-state index in [4.69, 9.17) is 5.02 Å². The van der Waals surface area contributed by atoms with E-state index in [0.29, 0.717) is 6.54 Å². The Bertz CT molecular complexity index is 707. The van der Waals surface area contributed by atoms with Crippen LogP contribution in [0.4, 0.5) is 0 Å². The number of para-hydroxylation sites is 1. The first-order valence-electron chi connectivity index (χ1n) is 6.09. The molecule has 3 rings (SSSR count). The molecule has 0 radical (unpaired) electrons. The topological polar surface area (TPSA) is 58.3 Å². The molecule has 0 saturated carbocycles. The summed E-state index contributed by atoms with van der Waals surface area (Å²) < 4.78 is 1.92. The van der Waals surface area contributed by atoms with Crippen molar-refractivity contribution in [3.63, 3.8) is 0 Å². The molecule has 2 aromatic carbocycles. The van der Waals surface area contributed by atoms with E-state index in [9.17, 15) is 5.11 Å². The van der Waals surface area contributed by atoms with E-state index >= 15 is 0 Å². The molecule has 2 N–H and O–H groups in total. The highest BCUT2D eigenvalue weighted by atomic mass is 16.3. The number of imidazole rings is 1. The molecule has 0 bridgehead atoms. The molecule has 5 heteroatoms. The van der Waals surface area contributed by atoms with Gasteiger partial charge in [0.15, 0.2) is 0 Å². The van der Waals surface area contributed by atoms with Gasteiger partial charge in [-0.1, -0.05) is 35.8 Å². The van der Waals surface area contributed by atoms with Gasteiger partial charge in [0.25, 0.3) is 0 Å². The Hall–Kier alpha value is -2.27. The van der Waals surface area contributed by atoms with Gasteiger partial charge in [-0.2, -0.15) is 0 Å². The van der Waals surface area contributed by atoms with E-state index in [1.165, 1.54) is 0 Å². The lowest BCUT2D eigenvalue weighted by Gasteiger charge is -2.06. The zero-order valence-electron chi connectivity index (χ0n) is 10.3. The van der Waals surface area contributed by atoms with Gasteiger partial charge in [-0.3, -0.25) is 0 Å². The molecule has 0 saturated heterocycles. The third kappa shape index (κ3) is 2.20. The lowest BCUT2D eigenvalue weighted by Crippen LogP contribution is -2.12. The van der Waals surface area contributed by atoms with Gasteiger partial charge in [-0.25, -0.2) is 4.98 Å². The first kappa shape index (κ1) is 11.8. The Kier molecular flexibility index (Phi) is 2.97. The summed E-state index contributed by atoms with van der Waals surface area (Å²) in [6.45, 7) is 0.639. The molecule has 0 aliphatic heterocycles. The van der Waals surface area contributed by atoms with Gasteiger partial charge >= 0.3 is 7.48 Å². The quantitative estimate of drug-likeness (QED) is 0.676. The number of hydrogen-bond acceptors (Lipinski definition) is 3. The summed E-state index contributed by atoms with van der Waals surface area (Å²) >= 11 is 0. The molecule has 19 heavy (non-hydrogen) atoms. The normalized spacial score (nSPS) is 10.8. The molecule has 1 aromatic heterocycles. The van der Waals surface area contributed by atoms with Crippen molar-refractivity contribution >= 4 is 24.0 Å². The number of aromatic hydroxyl groups is 1. The number of fused-ring (bicyclic) bond motifs is 1. The standard InChI is InChI=1S/C14H13BN2O2/c18-13-3-1-2-12-14(13)17(9-16-12)8-10-4-6-11(15-19)7-5-10/h1-7,9,15,18-19H,8H2. The summed E-state index contributed by atoms with van der Waals surface area (Å²) in [5.74, 6) is 0.238. The fraction of sp³-hybridized carbons (Fsp3) is 0.0714. The Labute approximate surface area is 111 Å². The van der Waals surface area contributed by atoms with Crippen LogP contribution in [0.3, 0.4) is 0 Å². The van der Waals surface area contributed by atoms with Crippen LogP contribution in [0.5, 0.6) is 5.75 Å². The molecule has 0 atom stereocenters. The van der Waals surface area contributed by atoms with Gasteiger partial charge in [-0.05, 0) is 17.7 Å². The van der Waals surface area contributed by atoms with Crippen molar-refractivity contribution in [2.75, 3.05) is 0 Å². The van der Waals surface area contributed by atoms with Gasteiger partial charge in [0.2, 0.25) is 0 Å². The van der Waals surface area contributed by atoms with Crippen LogP contribution in [0.15, 0.2) is 48.8 Å². The molecule has 0 aliphatic rings. The van der Waals surface area contributed by atoms with E-state index in [2.05, 4.69) is 4.98 Å². The van der Waals surface area contributed by atoms with Crippen molar-refractivity contribution in [1.29, 1.82) is 0 Å². The summed E-state index contributed by atoms with van der Waals surface area (Å²) in [6.07, 6.45) is 1.73. The molecular formula is C14H13BN2O2. The molecule has 0 spiro atoms. The molecule has 0 fully saturated rings. The largest absolute Gasteiger partial charge is 0.506 e. The fourth-order valence-corrected chi connectivity index (χ4v) is 2.17. The zero-order valence-corrected chi connectivity index (χ0v) is 10.3. The number of benzene rings is 2. The van der Waals surface area contributed by atoms with Crippen LogP contribution >= 0.6 is 0 Å². The number of phenolic OH excluding ortho intramolecular Hbond substituents is 1. The van der Waals surface area contributed by atoms with Crippen molar-refractivity contribution in [3.8, 4) is 5.75 Å². The molecule has 0 unspecified atom stereocenters. The summed E-state index contributed by atoms with van der Waals surface area (Å²) in [5, 5.41) is 18.9. The van der Waals surface area contributed by atoms with E-state index in [1.807, 2.05) is 34.9 Å². The van der Waals surface area contributed by atoms with Crippen molar-refractivity contribution < 1.29 is 10.1 Å². The van der Waals surface area contributed by atoms with Gasteiger partial charge < -0.3 is 14.7 Å². The lowest BCUT2D eigenvalue weighted by molar-refractivity contribution is 0.478. The Morgan fingerprint density at radius 3 is 2.63 bits per heavy atom. The highest BCUT2D eigenvalue weighted by molar-refractivity contribution is 6.45. The van der Waals surface area contributed by atoms with Gasteiger partial charge in [0.05, 0.1) is 11.8 Å². The molecule has 4 nitrogen and oxygen atoms in total. The number of hydrogen-bond donors (Lipinski definition) is 2. The number of rotatable bonds is 3. The Morgan fingerprint density at radius 2 is 1.89 bits per heavy atom. The number of phenols is 1. The number of nitrogens with zero attached hydrogens (tertiary/aromatic N) is 2. The average molecular weight is 252 g/mol. The Morgan fingerprint density at radius 1 is 1.11 bits per heavy atom. The maximum absolute atomic E-state index is 9.91. The summed E-state index contributed by atoms with van der Waals surface area (Å²) in [4.78, 5) is 4.27. The van der Waals surface area contributed by atoms with E-state index < -0.39 is 0 Å². The SMILES string of the molecule is OBc1ccc(Cn2cnc3cccc(O)c32)cc1. The third-order valence-corrected chi connectivity index (χ3v) is 3.18. The first-order valence-corrected chi connectivity index (χ1v) is 6.09. The second kappa shape index (κ2) is 4.78. The third-order valence-electron chi connectivity index (χ3n) is 3.18. The highest BCUT2D eigenvalue weighted by Gasteiger charge is 2.07. The molecular weight excluding hydrogens is 239 g/mol. The Balaban J connectivity index is 1.96. The fourth-order valence-electron chi connectivity index (χ4n) is 2.17. The van der Waals surface area contributed by atoms with Gasteiger partial charge in [0.1, 0.15) is 11.3 Å². The van der Waals surface area contributed by atoms with Crippen LogP contribution in [-0.2, 0) is 6.54 Å². The molecule has 94 valence electrons. The second-order valence-corrected chi connectivity index (χ2v) is 4.49.